The molecule has 0 aromatic carbocycles. The molecule has 5 rings (SSSR count). The molecule has 1 amide bonds. The Labute approximate surface area is 184 Å². The molecular formula is C21H19F4N7O. The summed E-state index contributed by atoms with van der Waals surface area (Å²) in [6, 6.07) is 2.98. The van der Waals surface area contributed by atoms with Crippen LogP contribution in [0.1, 0.15) is 30.1 Å². The van der Waals surface area contributed by atoms with Crippen molar-refractivity contribution in [3.63, 3.8) is 0 Å². The first kappa shape index (κ1) is 21.2. The largest absolute Gasteiger partial charge is 0.349 e. The van der Waals surface area contributed by atoms with Gasteiger partial charge in [-0.3, -0.25) is 4.79 Å². The Balaban J connectivity index is 1.42. The van der Waals surface area contributed by atoms with Crippen molar-refractivity contribution in [2.24, 2.45) is 0 Å². The lowest BCUT2D eigenvalue weighted by molar-refractivity contribution is -0.0901. The summed E-state index contributed by atoms with van der Waals surface area (Å²) in [5.41, 5.74) is 2.72. The molecule has 4 aromatic rings. The third kappa shape index (κ3) is 4.20. The number of hydrogen-bond acceptors (Lipinski definition) is 5. The van der Waals surface area contributed by atoms with Crippen molar-refractivity contribution in [2.45, 2.75) is 37.7 Å². The molecule has 33 heavy (non-hydrogen) atoms. The first-order valence-electron chi connectivity index (χ1n) is 10.2. The topological polar surface area (TPSA) is 100 Å². The minimum Gasteiger partial charge on any atom is -0.349 e. The lowest BCUT2D eigenvalue weighted by Crippen LogP contribution is -2.50. The molecule has 1 saturated carbocycles. The summed E-state index contributed by atoms with van der Waals surface area (Å²) in [6.07, 6.45) is 5.56. The molecule has 8 nitrogen and oxygen atoms in total. The molecule has 0 aliphatic heterocycles. The van der Waals surface area contributed by atoms with Crippen molar-refractivity contribution in [2.75, 3.05) is 11.9 Å². The van der Waals surface area contributed by atoms with Crippen molar-refractivity contribution in [1.82, 2.24) is 29.9 Å². The molecule has 1 aliphatic rings. The number of carbonyl (C=O) groups excluding carboxylic acids is 1. The monoisotopic (exact) mass is 461 g/mol. The second-order valence-electron chi connectivity index (χ2n) is 8.32. The highest BCUT2D eigenvalue weighted by Crippen LogP contribution is 2.37. The fraction of sp³-hybridized carbons (Fsp3) is 0.333. The van der Waals surface area contributed by atoms with Crippen LogP contribution in [0.2, 0.25) is 0 Å². The number of halogens is 4. The molecule has 1 aliphatic carbocycles. The maximum atomic E-state index is 13.1. The number of aromatic nitrogens is 5. The van der Waals surface area contributed by atoms with Gasteiger partial charge in [0.1, 0.15) is 5.65 Å². The van der Waals surface area contributed by atoms with Gasteiger partial charge in [-0.15, -0.1) is 0 Å². The zero-order chi connectivity index (χ0) is 23.4. The number of amides is 1. The zero-order valence-electron chi connectivity index (χ0n) is 17.4. The van der Waals surface area contributed by atoms with E-state index in [2.05, 4.69) is 30.7 Å². The summed E-state index contributed by atoms with van der Waals surface area (Å²) in [5, 5.41) is 9.95. The fourth-order valence-electron chi connectivity index (χ4n) is 3.82. The number of hydrogen-bond donors (Lipinski definition) is 3. The quantitative estimate of drug-likeness (QED) is 0.379. The van der Waals surface area contributed by atoms with E-state index in [0.717, 1.165) is 18.1 Å². The van der Waals surface area contributed by atoms with E-state index in [1.165, 1.54) is 16.9 Å². The number of anilines is 1. The standard InChI is InChI=1S/C21H19F4N7O/c1-20(22,23)10-28-19-27-8-14-13(7-26-17(14)31-19)11-2-3-32-16(4-11)15(9-29-32)18(33)30-12-5-21(24,25)6-12/h2-4,7-9,12H,5-6,10H2,1H3,(H,30,33)(H2,26,27,28,31). The van der Waals surface area contributed by atoms with Gasteiger partial charge in [0.15, 0.2) is 0 Å². The van der Waals surface area contributed by atoms with Crippen LogP contribution < -0.4 is 10.6 Å². The molecular weight excluding hydrogens is 442 g/mol. The van der Waals surface area contributed by atoms with E-state index >= 15 is 0 Å². The van der Waals surface area contributed by atoms with Crippen LogP contribution in [0.15, 0.2) is 36.9 Å². The third-order valence-corrected chi connectivity index (χ3v) is 5.49. The lowest BCUT2D eigenvalue weighted by atomic mass is 9.88. The minimum atomic E-state index is -2.90. The predicted molar refractivity (Wildman–Crippen MR) is 113 cm³/mol. The number of nitrogens with one attached hydrogen (secondary N) is 3. The maximum absolute atomic E-state index is 13.1. The molecule has 0 unspecified atom stereocenters. The molecule has 12 heteroatoms. The Kier molecular flexibility index (Phi) is 4.76. The molecule has 0 spiro atoms. The normalized spacial score (nSPS) is 16.2. The number of nitrogens with zero attached hydrogens (tertiary/aromatic N) is 4. The van der Waals surface area contributed by atoms with Crippen LogP contribution >= 0.6 is 0 Å². The van der Waals surface area contributed by atoms with E-state index in [0.29, 0.717) is 16.6 Å². The summed E-state index contributed by atoms with van der Waals surface area (Å²) in [7, 11) is 0. The van der Waals surface area contributed by atoms with Crippen LogP contribution in [-0.4, -0.2) is 54.9 Å². The predicted octanol–water partition coefficient (Wildman–Crippen LogP) is 3.87. The van der Waals surface area contributed by atoms with Gasteiger partial charge >= 0.3 is 0 Å². The van der Waals surface area contributed by atoms with Crippen LogP contribution in [0.3, 0.4) is 0 Å². The Bertz CT molecular complexity index is 1350. The lowest BCUT2D eigenvalue weighted by Gasteiger charge is -2.35. The highest BCUT2D eigenvalue weighted by Gasteiger charge is 2.46. The molecule has 172 valence electrons. The number of rotatable bonds is 6. The molecule has 3 N–H and O–H groups in total. The summed E-state index contributed by atoms with van der Waals surface area (Å²) in [6.45, 7) is 0.209. The molecule has 1 fully saturated rings. The van der Waals surface area contributed by atoms with Crippen LogP contribution in [0.4, 0.5) is 23.5 Å². The third-order valence-electron chi connectivity index (χ3n) is 5.49. The van der Waals surface area contributed by atoms with Crippen LogP contribution in [0, 0.1) is 0 Å². The molecule has 0 radical (unpaired) electrons. The van der Waals surface area contributed by atoms with Crippen molar-refractivity contribution < 1.29 is 22.4 Å². The number of aromatic amines is 1. The number of carbonyl (C=O) groups is 1. The highest BCUT2D eigenvalue weighted by molar-refractivity contribution is 6.02. The van der Waals surface area contributed by atoms with E-state index in [-0.39, 0.29) is 24.4 Å². The van der Waals surface area contributed by atoms with Gasteiger partial charge in [-0.25, -0.2) is 27.1 Å². The van der Waals surface area contributed by atoms with Crippen LogP contribution in [-0.2, 0) is 0 Å². The number of fused-ring (bicyclic) bond motifs is 2. The number of H-pyrrole nitrogens is 1. The molecule has 4 heterocycles. The average molecular weight is 461 g/mol. The summed E-state index contributed by atoms with van der Waals surface area (Å²) in [4.78, 5) is 24.0. The van der Waals surface area contributed by atoms with E-state index < -0.39 is 30.3 Å². The first-order valence-corrected chi connectivity index (χ1v) is 10.2. The first-order chi connectivity index (χ1) is 15.6. The van der Waals surface area contributed by atoms with Gasteiger partial charge < -0.3 is 15.6 Å². The van der Waals surface area contributed by atoms with Gasteiger partial charge in [0.05, 0.1) is 23.8 Å². The van der Waals surface area contributed by atoms with Crippen molar-refractivity contribution in [1.29, 1.82) is 0 Å². The second kappa shape index (κ2) is 7.42. The summed E-state index contributed by atoms with van der Waals surface area (Å²) >= 11 is 0. The van der Waals surface area contributed by atoms with Gasteiger partial charge in [-0.2, -0.15) is 10.1 Å². The summed E-state index contributed by atoms with van der Waals surface area (Å²) < 4.78 is 53.8. The molecule has 0 saturated heterocycles. The second-order valence-corrected chi connectivity index (χ2v) is 8.32. The van der Waals surface area contributed by atoms with Crippen molar-refractivity contribution >= 4 is 28.4 Å². The van der Waals surface area contributed by atoms with E-state index in [4.69, 9.17) is 0 Å². The van der Waals surface area contributed by atoms with Gasteiger partial charge in [-0.1, -0.05) is 0 Å². The molecule has 0 bridgehead atoms. The Morgan fingerprint density at radius 2 is 2.12 bits per heavy atom. The Morgan fingerprint density at radius 3 is 2.85 bits per heavy atom. The van der Waals surface area contributed by atoms with Gasteiger partial charge in [-0.05, 0) is 17.7 Å². The molecule has 4 aromatic heterocycles. The van der Waals surface area contributed by atoms with Gasteiger partial charge in [0.25, 0.3) is 17.8 Å². The average Bonchev–Trinajstić information content (AvgIpc) is 3.33. The van der Waals surface area contributed by atoms with E-state index in [1.807, 2.05) is 0 Å². The highest BCUT2D eigenvalue weighted by atomic mass is 19.3. The molecule has 0 atom stereocenters. The Morgan fingerprint density at radius 1 is 1.33 bits per heavy atom. The SMILES string of the molecule is CC(F)(F)CNc1ncc2c(-c3ccn4ncc(C(=O)NC5CC(F)(F)C5)c4c3)c[nH]c2n1. The van der Waals surface area contributed by atoms with Crippen molar-refractivity contribution in [3.05, 3.63) is 42.5 Å². The zero-order valence-corrected chi connectivity index (χ0v) is 17.4. The minimum absolute atomic E-state index is 0.0733. The number of alkyl halides is 4. The Hall–Kier alpha value is -3.70. The summed E-state index contributed by atoms with van der Waals surface area (Å²) in [5.74, 6) is -6.02. The van der Waals surface area contributed by atoms with E-state index in [9.17, 15) is 22.4 Å². The van der Waals surface area contributed by atoms with Gasteiger partial charge in [0, 0.05) is 55.3 Å². The smallest absolute Gasteiger partial charge is 0.262 e. The van der Waals surface area contributed by atoms with Crippen LogP contribution in [0.25, 0.3) is 27.7 Å². The van der Waals surface area contributed by atoms with Crippen LogP contribution in [0.5, 0.6) is 0 Å². The fourth-order valence-corrected chi connectivity index (χ4v) is 3.82. The number of pyridine rings is 1. The van der Waals surface area contributed by atoms with E-state index in [1.54, 1.807) is 24.5 Å². The van der Waals surface area contributed by atoms with Crippen molar-refractivity contribution in [3.8, 4) is 11.1 Å². The maximum Gasteiger partial charge on any atom is 0.262 e. The van der Waals surface area contributed by atoms with Gasteiger partial charge in [0.2, 0.25) is 5.95 Å².